The van der Waals surface area contributed by atoms with Gasteiger partial charge in [-0.05, 0) is 57.0 Å². The largest absolute Gasteiger partial charge is 0.477 e. The number of carboxylic acid groups (broad SMARTS) is 1. The molecule has 0 amide bonds. The number of benzene rings is 1. The Morgan fingerprint density at radius 1 is 1.23 bits per heavy atom. The topological polar surface area (TPSA) is 56.3 Å². The third kappa shape index (κ3) is 2.79. The van der Waals surface area contributed by atoms with Crippen LogP contribution in [0.5, 0.6) is 0 Å². The van der Waals surface area contributed by atoms with Gasteiger partial charge in [-0.15, -0.1) is 0 Å². The number of carbonyl (C=O) groups is 1. The van der Waals surface area contributed by atoms with Gasteiger partial charge in [-0.3, -0.25) is 4.90 Å². The summed E-state index contributed by atoms with van der Waals surface area (Å²) >= 11 is 0. The van der Waals surface area contributed by atoms with Crippen molar-refractivity contribution in [1.82, 2.24) is 9.88 Å². The second-order valence-corrected chi connectivity index (χ2v) is 6.07. The quantitative estimate of drug-likeness (QED) is 0.901. The number of aromatic carboxylic acids is 1. The van der Waals surface area contributed by atoms with E-state index < -0.39 is 5.97 Å². The molecule has 1 fully saturated rings. The van der Waals surface area contributed by atoms with Crippen LogP contribution in [-0.2, 0) is 0 Å². The lowest BCUT2D eigenvalue weighted by molar-refractivity contribution is 0.0691. The Bertz CT molecular complexity index is 667. The molecule has 1 aromatic heterocycles. The van der Waals surface area contributed by atoms with Crippen LogP contribution in [0.3, 0.4) is 0 Å². The van der Waals surface area contributed by atoms with E-state index in [1.54, 1.807) is 6.07 Å². The Labute approximate surface area is 130 Å². The zero-order chi connectivity index (χ0) is 15.7. The molecule has 2 heterocycles. The fourth-order valence-corrected chi connectivity index (χ4v) is 3.25. The van der Waals surface area contributed by atoms with Gasteiger partial charge in [-0.2, -0.15) is 0 Å². The summed E-state index contributed by atoms with van der Waals surface area (Å²) in [4.78, 5) is 16.5. The van der Waals surface area contributed by atoms with Gasteiger partial charge in [0.2, 0.25) is 0 Å². The number of hydrogen-bond donors (Lipinski definition) is 2. The second kappa shape index (κ2) is 5.97. The number of aryl methyl sites for hydroxylation is 1. The minimum absolute atomic E-state index is 0.238. The van der Waals surface area contributed by atoms with Gasteiger partial charge in [0.25, 0.3) is 0 Å². The maximum atomic E-state index is 11.1. The SMILES string of the molecule is Cc1[nH]c(C(=O)O)cc1-c1ccc([C@H](C)N2CCCC2)cc1. The fraction of sp³-hybridized carbons (Fsp3) is 0.389. The predicted molar refractivity (Wildman–Crippen MR) is 87.1 cm³/mol. The molecule has 22 heavy (non-hydrogen) atoms. The monoisotopic (exact) mass is 298 g/mol. The standard InChI is InChI=1S/C18H22N2O2/c1-12-16(11-17(19-12)18(21)22)15-7-5-14(6-8-15)13(2)20-9-3-4-10-20/h5-8,11,13,19H,3-4,9-10H2,1-2H3,(H,21,22)/t13-/m0/s1. The molecule has 2 N–H and O–H groups in total. The lowest BCUT2D eigenvalue weighted by Crippen LogP contribution is -2.23. The van der Waals surface area contributed by atoms with Crippen molar-refractivity contribution < 1.29 is 9.90 Å². The third-order valence-electron chi connectivity index (χ3n) is 4.64. The van der Waals surface area contributed by atoms with E-state index in [-0.39, 0.29) is 5.69 Å². The summed E-state index contributed by atoms with van der Waals surface area (Å²) in [7, 11) is 0. The van der Waals surface area contributed by atoms with Crippen molar-refractivity contribution >= 4 is 5.97 Å². The summed E-state index contributed by atoms with van der Waals surface area (Å²) in [6, 6.07) is 10.6. The van der Waals surface area contributed by atoms with Gasteiger partial charge in [0.15, 0.2) is 0 Å². The van der Waals surface area contributed by atoms with Crippen LogP contribution in [0.2, 0.25) is 0 Å². The average Bonchev–Trinajstić information content (AvgIpc) is 3.16. The fourth-order valence-electron chi connectivity index (χ4n) is 3.25. The van der Waals surface area contributed by atoms with E-state index in [9.17, 15) is 4.79 Å². The van der Waals surface area contributed by atoms with Crippen LogP contribution in [0.15, 0.2) is 30.3 Å². The molecule has 1 aliphatic heterocycles. The molecule has 0 radical (unpaired) electrons. The number of hydrogen-bond acceptors (Lipinski definition) is 2. The maximum Gasteiger partial charge on any atom is 0.352 e. The van der Waals surface area contributed by atoms with Crippen LogP contribution in [0.25, 0.3) is 11.1 Å². The first-order valence-electron chi connectivity index (χ1n) is 7.83. The smallest absolute Gasteiger partial charge is 0.352 e. The van der Waals surface area contributed by atoms with Crippen molar-refractivity contribution in [3.05, 3.63) is 47.3 Å². The summed E-state index contributed by atoms with van der Waals surface area (Å²) in [6.07, 6.45) is 2.59. The molecule has 0 aliphatic carbocycles. The van der Waals surface area contributed by atoms with Crippen molar-refractivity contribution in [2.24, 2.45) is 0 Å². The molecule has 0 bridgehead atoms. The number of rotatable bonds is 4. The molecule has 1 saturated heterocycles. The zero-order valence-electron chi connectivity index (χ0n) is 13.1. The first-order valence-corrected chi connectivity index (χ1v) is 7.83. The van der Waals surface area contributed by atoms with E-state index in [4.69, 9.17) is 5.11 Å². The molecular weight excluding hydrogens is 276 g/mol. The molecule has 4 nitrogen and oxygen atoms in total. The second-order valence-electron chi connectivity index (χ2n) is 6.07. The van der Waals surface area contributed by atoms with Crippen LogP contribution in [0, 0.1) is 6.92 Å². The normalized spacial score (nSPS) is 16.8. The number of nitrogens with one attached hydrogen (secondary N) is 1. The third-order valence-corrected chi connectivity index (χ3v) is 4.64. The van der Waals surface area contributed by atoms with Crippen LogP contribution >= 0.6 is 0 Å². The van der Waals surface area contributed by atoms with E-state index in [1.165, 1.54) is 31.5 Å². The Hall–Kier alpha value is -2.07. The van der Waals surface area contributed by atoms with Crippen molar-refractivity contribution in [1.29, 1.82) is 0 Å². The zero-order valence-corrected chi connectivity index (χ0v) is 13.1. The lowest BCUT2D eigenvalue weighted by Gasteiger charge is -2.24. The molecule has 116 valence electrons. The molecule has 3 rings (SSSR count). The van der Waals surface area contributed by atoms with E-state index in [0.29, 0.717) is 6.04 Å². The minimum atomic E-state index is -0.923. The number of H-pyrrole nitrogens is 1. The van der Waals surface area contributed by atoms with E-state index in [2.05, 4.69) is 41.1 Å². The first kappa shape index (κ1) is 14.9. The van der Waals surface area contributed by atoms with Crippen molar-refractivity contribution in [3.8, 4) is 11.1 Å². The molecule has 1 atom stereocenters. The van der Waals surface area contributed by atoms with Gasteiger partial charge in [0.1, 0.15) is 5.69 Å². The van der Waals surface area contributed by atoms with Gasteiger partial charge >= 0.3 is 5.97 Å². The van der Waals surface area contributed by atoms with Crippen LogP contribution in [-0.4, -0.2) is 34.0 Å². The van der Waals surface area contributed by atoms with Crippen LogP contribution in [0.1, 0.15) is 47.6 Å². The average molecular weight is 298 g/mol. The molecule has 0 spiro atoms. The molecule has 2 aromatic rings. The lowest BCUT2D eigenvalue weighted by atomic mass is 10.0. The highest BCUT2D eigenvalue weighted by molar-refractivity contribution is 5.88. The van der Waals surface area contributed by atoms with Crippen LogP contribution in [0.4, 0.5) is 0 Å². The number of aromatic nitrogens is 1. The summed E-state index contributed by atoms with van der Waals surface area (Å²) in [6.45, 7) is 6.52. The summed E-state index contributed by atoms with van der Waals surface area (Å²) < 4.78 is 0. The van der Waals surface area contributed by atoms with Gasteiger partial charge in [-0.25, -0.2) is 4.79 Å². The van der Waals surface area contributed by atoms with Crippen molar-refractivity contribution in [2.75, 3.05) is 13.1 Å². The van der Waals surface area contributed by atoms with Crippen LogP contribution < -0.4 is 0 Å². The predicted octanol–water partition coefficient (Wildman–Crippen LogP) is 3.85. The van der Waals surface area contributed by atoms with Crippen molar-refractivity contribution in [2.45, 2.75) is 32.7 Å². The number of nitrogens with zero attached hydrogens (tertiary/aromatic N) is 1. The van der Waals surface area contributed by atoms with Gasteiger partial charge in [-0.1, -0.05) is 24.3 Å². The Morgan fingerprint density at radius 2 is 1.86 bits per heavy atom. The maximum absolute atomic E-state index is 11.1. The van der Waals surface area contributed by atoms with Gasteiger partial charge < -0.3 is 10.1 Å². The molecule has 0 saturated carbocycles. The van der Waals surface area contributed by atoms with Gasteiger partial charge in [0.05, 0.1) is 0 Å². The van der Waals surface area contributed by atoms with E-state index in [1.807, 2.05) is 6.92 Å². The Kier molecular flexibility index (Phi) is 4.03. The highest BCUT2D eigenvalue weighted by Gasteiger charge is 2.19. The molecule has 1 aromatic carbocycles. The number of carboxylic acids is 1. The highest BCUT2D eigenvalue weighted by atomic mass is 16.4. The number of aromatic amines is 1. The Balaban J connectivity index is 1.83. The van der Waals surface area contributed by atoms with Gasteiger partial charge in [0, 0.05) is 17.3 Å². The molecule has 1 aliphatic rings. The molecule has 4 heteroatoms. The number of likely N-dealkylation sites (tertiary alicyclic amines) is 1. The highest BCUT2D eigenvalue weighted by Crippen LogP contribution is 2.29. The first-order chi connectivity index (χ1) is 10.6. The molecular formula is C18H22N2O2. The van der Waals surface area contributed by atoms with E-state index >= 15 is 0 Å². The Morgan fingerprint density at radius 3 is 2.41 bits per heavy atom. The molecule has 0 unspecified atom stereocenters. The van der Waals surface area contributed by atoms with Crippen molar-refractivity contribution in [3.63, 3.8) is 0 Å². The minimum Gasteiger partial charge on any atom is -0.477 e. The van der Waals surface area contributed by atoms with E-state index in [0.717, 1.165) is 16.8 Å². The summed E-state index contributed by atoms with van der Waals surface area (Å²) in [5, 5.41) is 9.07. The summed E-state index contributed by atoms with van der Waals surface area (Å²) in [5.41, 5.74) is 4.45. The summed E-state index contributed by atoms with van der Waals surface area (Å²) in [5.74, 6) is -0.923.